The van der Waals surface area contributed by atoms with Crippen molar-refractivity contribution in [3.8, 4) is 11.4 Å². The fourth-order valence-electron chi connectivity index (χ4n) is 1.95. The van der Waals surface area contributed by atoms with Crippen LogP contribution < -0.4 is 0 Å². The lowest BCUT2D eigenvalue weighted by atomic mass is 10.2. The van der Waals surface area contributed by atoms with Gasteiger partial charge in [-0.05, 0) is 42.8 Å². The molecule has 0 bridgehead atoms. The zero-order chi connectivity index (χ0) is 12.7. The van der Waals surface area contributed by atoms with E-state index in [1.165, 1.54) is 5.56 Å². The van der Waals surface area contributed by atoms with Crippen LogP contribution in [0.2, 0.25) is 5.02 Å². The van der Waals surface area contributed by atoms with E-state index >= 15 is 0 Å². The van der Waals surface area contributed by atoms with Gasteiger partial charge in [0.25, 0.3) is 0 Å². The number of aryl methyl sites for hydroxylation is 1. The Hall–Kier alpha value is -1.32. The molecular formula is C14H10BrClN2. The van der Waals surface area contributed by atoms with E-state index in [2.05, 4.69) is 45.0 Å². The third-order valence-electron chi connectivity index (χ3n) is 2.77. The maximum Gasteiger partial charge on any atom is 0.138 e. The predicted molar refractivity (Wildman–Crippen MR) is 79.0 cm³/mol. The molecule has 18 heavy (non-hydrogen) atoms. The first-order chi connectivity index (χ1) is 8.61. The van der Waals surface area contributed by atoms with Gasteiger partial charge in [-0.2, -0.15) is 0 Å². The summed E-state index contributed by atoms with van der Waals surface area (Å²) < 4.78 is 0.946. The molecule has 1 aromatic heterocycles. The largest absolute Gasteiger partial charge is 0.338 e. The number of aromatic amines is 1. The molecule has 0 atom stereocenters. The molecule has 1 heterocycles. The summed E-state index contributed by atoms with van der Waals surface area (Å²) >= 11 is 9.49. The minimum atomic E-state index is 0.691. The number of hydrogen-bond donors (Lipinski definition) is 1. The molecule has 0 aliphatic heterocycles. The molecule has 4 heteroatoms. The molecule has 0 aliphatic rings. The molecule has 90 valence electrons. The highest BCUT2D eigenvalue weighted by Crippen LogP contribution is 2.27. The first kappa shape index (κ1) is 11.8. The minimum Gasteiger partial charge on any atom is -0.338 e. The van der Waals surface area contributed by atoms with Crippen LogP contribution in [-0.4, -0.2) is 9.97 Å². The van der Waals surface area contributed by atoms with E-state index in [4.69, 9.17) is 11.6 Å². The summed E-state index contributed by atoms with van der Waals surface area (Å²) in [5.41, 5.74) is 4.20. The van der Waals surface area contributed by atoms with Gasteiger partial charge in [0.15, 0.2) is 0 Å². The predicted octanol–water partition coefficient (Wildman–Crippen LogP) is 4.95. The van der Waals surface area contributed by atoms with Gasteiger partial charge in [-0.25, -0.2) is 4.98 Å². The molecule has 0 aliphatic carbocycles. The first-order valence-corrected chi connectivity index (χ1v) is 6.72. The maximum atomic E-state index is 6.05. The second-order valence-electron chi connectivity index (χ2n) is 4.26. The van der Waals surface area contributed by atoms with Gasteiger partial charge in [-0.3, -0.25) is 0 Å². The molecule has 0 amide bonds. The Morgan fingerprint density at radius 2 is 2.00 bits per heavy atom. The normalized spacial score (nSPS) is 11.1. The SMILES string of the molecule is Cc1ccc2nc(-c3cc(Cl)cc(Br)c3)[nH]c2c1. The Kier molecular flexibility index (Phi) is 2.88. The van der Waals surface area contributed by atoms with Crippen molar-refractivity contribution in [2.24, 2.45) is 0 Å². The Balaban J connectivity index is 2.19. The van der Waals surface area contributed by atoms with E-state index in [0.29, 0.717) is 5.02 Å². The lowest BCUT2D eigenvalue weighted by molar-refractivity contribution is 1.33. The quantitative estimate of drug-likeness (QED) is 0.674. The highest BCUT2D eigenvalue weighted by Gasteiger charge is 2.07. The van der Waals surface area contributed by atoms with E-state index < -0.39 is 0 Å². The molecule has 0 saturated heterocycles. The van der Waals surface area contributed by atoms with Crippen molar-refractivity contribution < 1.29 is 0 Å². The number of fused-ring (bicyclic) bond motifs is 1. The number of imidazole rings is 1. The third-order valence-corrected chi connectivity index (χ3v) is 3.45. The van der Waals surface area contributed by atoms with Crippen molar-refractivity contribution in [1.29, 1.82) is 0 Å². The number of aromatic nitrogens is 2. The summed E-state index contributed by atoms with van der Waals surface area (Å²) in [6.45, 7) is 2.07. The van der Waals surface area contributed by atoms with Gasteiger partial charge < -0.3 is 4.98 Å². The zero-order valence-corrected chi connectivity index (χ0v) is 12.0. The average molecular weight is 322 g/mol. The van der Waals surface area contributed by atoms with Crippen molar-refractivity contribution >= 4 is 38.6 Å². The smallest absolute Gasteiger partial charge is 0.138 e. The fourth-order valence-corrected chi connectivity index (χ4v) is 2.81. The Morgan fingerprint density at radius 1 is 1.17 bits per heavy atom. The van der Waals surface area contributed by atoms with Crippen LogP contribution in [-0.2, 0) is 0 Å². The minimum absolute atomic E-state index is 0.691. The molecule has 2 aromatic carbocycles. The van der Waals surface area contributed by atoms with E-state index in [1.54, 1.807) is 0 Å². The van der Waals surface area contributed by atoms with Gasteiger partial charge in [0, 0.05) is 15.1 Å². The number of benzene rings is 2. The highest BCUT2D eigenvalue weighted by molar-refractivity contribution is 9.10. The Bertz CT molecular complexity index is 713. The molecule has 0 radical (unpaired) electrons. The van der Waals surface area contributed by atoms with Gasteiger partial charge in [-0.1, -0.05) is 33.6 Å². The lowest BCUT2D eigenvalue weighted by Gasteiger charge is -1.99. The second kappa shape index (κ2) is 4.41. The average Bonchev–Trinajstić information content (AvgIpc) is 2.70. The first-order valence-electron chi connectivity index (χ1n) is 5.55. The summed E-state index contributed by atoms with van der Waals surface area (Å²) in [6, 6.07) is 11.9. The zero-order valence-electron chi connectivity index (χ0n) is 9.67. The van der Waals surface area contributed by atoms with Crippen LogP contribution in [0.15, 0.2) is 40.9 Å². The van der Waals surface area contributed by atoms with Gasteiger partial charge in [0.2, 0.25) is 0 Å². The van der Waals surface area contributed by atoms with Gasteiger partial charge in [0.05, 0.1) is 11.0 Å². The van der Waals surface area contributed by atoms with E-state index in [-0.39, 0.29) is 0 Å². The van der Waals surface area contributed by atoms with Crippen LogP contribution in [0.1, 0.15) is 5.56 Å². The molecule has 3 aromatic rings. The Labute approximate surface area is 118 Å². The molecule has 1 N–H and O–H groups in total. The van der Waals surface area contributed by atoms with Gasteiger partial charge in [0.1, 0.15) is 5.82 Å². The van der Waals surface area contributed by atoms with Crippen molar-refractivity contribution in [3.63, 3.8) is 0 Å². The molecule has 0 fully saturated rings. The van der Waals surface area contributed by atoms with Crippen LogP contribution >= 0.6 is 27.5 Å². The summed E-state index contributed by atoms with van der Waals surface area (Å²) in [7, 11) is 0. The van der Waals surface area contributed by atoms with Gasteiger partial charge >= 0.3 is 0 Å². The van der Waals surface area contributed by atoms with E-state index in [0.717, 1.165) is 26.9 Å². The van der Waals surface area contributed by atoms with Crippen molar-refractivity contribution in [3.05, 3.63) is 51.5 Å². The molecule has 0 unspecified atom stereocenters. The van der Waals surface area contributed by atoms with Crippen LogP contribution in [0.3, 0.4) is 0 Å². The van der Waals surface area contributed by atoms with Crippen LogP contribution in [0, 0.1) is 6.92 Å². The van der Waals surface area contributed by atoms with Crippen molar-refractivity contribution in [2.45, 2.75) is 6.92 Å². The summed E-state index contributed by atoms with van der Waals surface area (Å²) in [5.74, 6) is 0.832. The topological polar surface area (TPSA) is 28.7 Å². The summed E-state index contributed by atoms with van der Waals surface area (Å²) in [5, 5.41) is 0.691. The van der Waals surface area contributed by atoms with E-state index in [9.17, 15) is 0 Å². The molecule has 2 nitrogen and oxygen atoms in total. The summed E-state index contributed by atoms with van der Waals surface area (Å²) in [4.78, 5) is 7.89. The molecule has 0 spiro atoms. The fraction of sp³-hybridized carbons (Fsp3) is 0.0714. The van der Waals surface area contributed by atoms with Crippen LogP contribution in [0.25, 0.3) is 22.4 Å². The van der Waals surface area contributed by atoms with Crippen molar-refractivity contribution in [1.82, 2.24) is 9.97 Å². The monoisotopic (exact) mass is 320 g/mol. The van der Waals surface area contributed by atoms with Crippen LogP contribution in [0.5, 0.6) is 0 Å². The summed E-state index contributed by atoms with van der Waals surface area (Å²) in [6.07, 6.45) is 0. The number of rotatable bonds is 1. The lowest BCUT2D eigenvalue weighted by Crippen LogP contribution is -1.80. The standard InChI is InChI=1S/C14H10BrClN2/c1-8-2-3-12-13(4-8)18-14(17-12)9-5-10(15)7-11(16)6-9/h2-7H,1H3,(H,17,18). The Morgan fingerprint density at radius 3 is 2.78 bits per heavy atom. The number of nitrogens with zero attached hydrogens (tertiary/aromatic N) is 1. The van der Waals surface area contributed by atoms with Gasteiger partial charge in [-0.15, -0.1) is 0 Å². The van der Waals surface area contributed by atoms with Crippen LogP contribution in [0.4, 0.5) is 0 Å². The number of hydrogen-bond acceptors (Lipinski definition) is 1. The molecule has 3 rings (SSSR count). The molecular weight excluding hydrogens is 312 g/mol. The van der Waals surface area contributed by atoms with E-state index in [1.807, 2.05) is 24.3 Å². The van der Waals surface area contributed by atoms with Crippen molar-refractivity contribution in [2.75, 3.05) is 0 Å². The second-order valence-corrected chi connectivity index (χ2v) is 5.62. The number of H-pyrrole nitrogens is 1. The number of nitrogens with one attached hydrogen (secondary N) is 1. The number of halogens is 2. The third kappa shape index (κ3) is 2.16. The molecule has 0 saturated carbocycles. The highest BCUT2D eigenvalue weighted by atomic mass is 79.9. The maximum absolute atomic E-state index is 6.05.